The van der Waals surface area contributed by atoms with Gasteiger partial charge in [-0.05, 0) is 68.8 Å². The lowest BCUT2D eigenvalue weighted by Crippen LogP contribution is -2.28. The number of thiophene rings is 1. The molecule has 10 aromatic rings. The van der Waals surface area contributed by atoms with Gasteiger partial charge in [-0.2, -0.15) is 0 Å². The highest BCUT2D eigenvalue weighted by Crippen LogP contribution is 2.56. The van der Waals surface area contributed by atoms with E-state index < -0.39 is 5.41 Å². The summed E-state index contributed by atoms with van der Waals surface area (Å²) in [4.78, 5) is 10.6. The minimum absolute atomic E-state index is 0.452. The largest absolute Gasteiger partial charge is 0.228 e. The van der Waals surface area contributed by atoms with Crippen molar-refractivity contribution in [1.82, 2.24) is 9.97 Å². The predicted octanol–water partition coefficient (Wildman–Crippen LogP) is 13.4. The molecule has 54 heavy (non-hydrogen) atoms. The SMILES string of the molecule is c1ccc(-c2nc(-c3cccc(-c4cccc(C5(c6ccccc6)c6ccccc6-c6ccccc65)c4)c3)nc3ccc4c5ccccc5sc4c23)cc1. The van der Waals surface area contributed by atoms with Crippen molar-refractivity contribution >= 4 is 42.4 Å². The van der Waals surface area contributed by atoms with Crippen LogP contribution in [-0.4, -0.2) is 9.97 Å². The fourth-order valence-corrected chi connectivity index (χ4v) is 10.1. The first-order valence-corrected chi connectivity index (χ1v) is 19.2. The van der Waals surface area contributed by atoms with E-state index in [1.165, 1.54) is 53.6 Å². The Labute approximate surface area is 317 Å². The number of rotatable bonds is 5. The van der Waals surface area contributed by atoms with Crippen LogP contribution in [0, 0.1) is 0 Å². The molecule has 2 aromatic heterocycles. The molecule has 2 nitrogen and oxygen atoms in total. The zero-order chi connectivity index (χ0) is 35.6. The molecule has 3 heteroatoms. The Morgan fingerprint density at radius 2 is 1.00 bits per heavy atom. The second-order valence-electron chi connectivity index (χ2n) is 14.1. The number of hydrogen-bond donors (Lipinski definition) is 0. The Morgan fingerprint density at radius 3 is 1.78 bits per heavy atom. The van der Waals surface area contributed by atoms with E-state index in [4.69, 9.17) is 9.97 Å². The molecule has 0 saturated carbocycles. The third-order valence-corrected chi connectivity index (χ3v) is 12.4. The summed E-state index contributed by atoms with van der Waals surface area (Å²) in [5, 5.41) is 3.63. The van der Waals surface area contributed by atoms with Crippen LogP contribution in [0.2, 0.25) is 0 Å². The first kappa shape index (κ1) is 30.9. The molecular weight excluding hydrogens is 673 g/mol. The quantitative estimate of drug-likeness (QED) is 0.178. The van der Waals surface area contributed by atoms with Crippen molar-refractivity contribution in [2.75, 3.05) is 0 Å². The average Bonchev–Trinajstić information content (AvgIpc) is 3.78. The van der Waals surface area contributed by atoms with Crippen LogP contribution in [0.5, 0.6) is 0 Å². The number of nitrogens with zero attached hydrogens (tertiary/aromatic N) is 2. The normalized spacial score (nSPS) is 13.0. The van der Waals surface area contributed by atoms with Crippen molar-refractivity contribution in [1.29, 1.82) is 0 Å². The van der Waals surface area contributed by atoms with Gasteiger partial charge in [0.25, 0.3) is 0 Å². The summed E-state index contributed by atoms with van der Waals surface area (Å²) in [6.07, 6.45) is 0. The van der Waals surface area contributed by atoms with Crippen molar-refractivity contribution < 1.29 is 0 Å². The van der Waals surface area contributed by atoms with Crippen LogP contribution in [0.3, 0.4) is 0 Å². The van der Waals surface area contributed by atoms with Gasteiger partial charge in [-0.25, -0.2) is 9.97 Å². The van der Waals surface area contributed by atoms with Gasteiger partial charge in [-0.15, -0.1) is 11.3 Å². The van der Waals surface area contributed by atoms with E-state index >= 15 is 0 Å². The van der Waals surface area contributed by atoms with Crippen LogP contribution in [-0.2, 0) is 5.41 Å². The molecule has 11 rings (SSSR count). The third kappa shape index (κ3) is 4.59. The molecule has 8 aromatic carbocycles. The number of fused-ring (bicyclic) bond motifs is 8. The standard InChI is InChI=1S/C51H32N2S/c1-3-15-33(16-4-1)48-47-45(30-29-42-41-25-9-12-28-46(41)54-49(42)47)52-50(53-48)36-19-13-17-34(31-36)35-18-14-22-38(32-35)51(37-20-5-2-6-21-37)43-26-10-7-23-39(43)40-24-8-11-27-44(40)51/h1-32H. The highest BCUT2D eigenvalue weighted by molar-refractivity contribution is 7.26. The molecule has 0 fully saturated rings. The fourth-order valence-electron chi connectivity index (χ4n) is 8.82. The van der Waals surface area contributed by atoms with Crippen molar-refractivity contribution in [3.63, 3.8) is 0 Å². The molecule has 2 heterocycles. The lowest BCUT2D eigenvalue weighted by atomic mass is 9.67. The van der Waals surface area contributed by atoms with Crippen LogP contribution in [0.15, 0.2) is 194 Å². The van der Waals surface area contributed by atoms with Gasteiger partial charge in [0, 0.05) is 36.7 Å². The Kier molecular flexibility index (Phi) is 6.98. The minimum Gasteiger partial charge on any atom is -0.228 e. The average molecular weight is 705 g/mol. The fraction of sp³-hybridized carbons (Fsp3) is 0.0196. The monoisotopic (exact) mass is 704 g/mol. The number of benzene rings is 8. The van der Waals surface area contributed by atoms with Crippen LogP contribution in [0.4, 0.5) is 0 Å². The Hall–Kier alpha value is -6.68. The van der Waals surface area contributed by atoms with Gasteiger partial charge < -0.3 is 0 Å². The molecule has 0 unspecified atom stereocenters. The maximum Gasteiger partial charge on any atom is 0.160 e. The van der Waals surface area contributed by atoms with Crippen LogP contribution >= 0.6 is 11.3 Å². The maximum absolute atomic E-state index is 5.37. The molecule has 0 radical (unpaired) electrons. The van der Waals surface area contributed by atoms with Gasteiger partial charge in [-0.3, -0.25) is 0 Å². The molecule has 1 aliphatic carbocycles. The van der Waals surface area contributed by atoms with Crippen LogP contribution in [0.25, 0.3) is 76.0 Å². The van der Waals surface area contributed by atoms with Crippen LogP contribution in [0.1, 0.15) is 22.3 Å². The van der Waals surface area contributed by atoms with Crippen molar-refractivity contribution in [3.05, 3.63) is 216 Å². The summed E-state index contributed by atoms with van der Waals surface area (Å²) in [7, 11) is 0. The van der Waals surface area contributed by atoms with Crippen molar-refractivity contribution in [3.8, 4) is 44.9 Å². The first-order chi connectivity index (χ1) is 26.8. The zero-order valence-corrected chi connectivity index (χ0v) is 30.1. The summed E-state index contributed by atoms with van der Waals surface area (Å²) in [5.41, 5.74) is 13.5. The molecule has 0 atom stereocenters. The molecule has 1 aliphatic rings. The minimum atomic E-state index is -0.452. The van der Waals surface area contributed by atoms with Gasteiger partial charge in [-0.1, -0.05) is 170 Å². The van der Waals surface area contributed by atoms with E-state index in [-0.39, 0.29) is 0 Å². The molecule has 252 valence electrons. The van der Waals surface area contributed by atoms with Crippen molar-refractivity contribution in [2.45, 2.75) is 5.41 Å². The third-order valence-electron chi connectivity index (χ3n) is 11.2. The zero-order valence-electron chi connectivity index (χ0n) is 29.3. The van der Waals surface area contributed by atoms with E-state index in [1.807, 2.05) is 11.3 Å². The van der Waals surface area contributed by atoms with E-state index in [9.17, 15) is 0 Å². The summed E-state index contributed by atoms with van der Waals surface area (Å²) in [6.45, 7) is 0. The van der Waals surface area contributed by atoms with E-state index in [0.717, 1.165) is 44.7 Å². The highest BCUT2D eigenvalue weighted by Gasteiger charge is 2.45. The molecule has 0 bridgehead atoms. The molecular formula is C51H32N2S. The van der Waals surface area contributed by atoms with Gasteiger partial charge >= 0.3 is 0 Å². The first-order valence-electron chi connectivity index (χ1n) is 18.4. The van der Waals surface area contributed by atoms with Gasteiger partial charge in [0.2, 0.25) is 0 Å². The molecule has 0 amide bonds. The van der Waals surface area contributed by atoms with E-state index in [0.29, 0.717) is 0 Å². The Morgan fingerprint density at radius 1 is 0.407 bits per heavy atom. The van der Waals surface area contributed by atoms with Crippen molar-refractivity contribution in [2.24, 2.45) is 0 Å². The molecule has 0 N–H and O–H groups in total. The summed E-state index contributed by atoms with van der Waals surface area (Å²) < 4.78 is 2.50. The van der Waals surface area contributed by atoms with E-state index in [2.05, 4.69) is 194 Å². The Balaban J connectivity index is 1.09. The molecule has 0 saturated heterocycles. The van der Waals surface area contributed by atoms with Gasteiger partial charge in [0.1, 0.15) is 0 Å². The smallest absolute Gasteiger partial charge is 0.160 e. The van der Waals surface area contributed by atoms with E-state index in [1.54, 1.807) is 0 Å². The highest BCUT2D eigenvalue weighted by atomic mass is 32.1. The second kappa shape index (κ2) is 12.2. The summed E-state index contributed by atoms with van der Waals surface area (Å²) in [6, 6.07) is 70.2. The van der Waals surface area contributed by atoms with Gasteiger partial charge in [0.15, 0.2) is 5.82 Å². The number of hydrogen-bond acceptors (Lipinski definition) is 3. The lowest BCUT2D eigenvalue weighted by molar-refractivity contribution is 0.769. The summed E-state index contributed by atoms with van der Waals surface area (Å²) in [5.74, 6) is 0.722. The second-order valence-corrected chi connectivity index (χ2v) is 15.1. The maximum atomic E-state index is 5.37. The topological polar surface area (TPSA) is 25.8 Å². The number of aromatic nitrogens is 2. The molecule has 0 spiro atoms. The lowest BCUT2D eigenvalue weighted by Gasteiger charge is -2.34. The molecule has 0 aliphatic heterocycles. The Bertz CT molecular complexity index is 3010. The van der Waals surface area contributed by atoms with Crippen LogP contribution < -0.4 is 0 Å². The summed E-state index contributed by atoms with van der Waals surface area (Å²) >= 11 is 1.82. The predicted molar refractivity (Wildman–Crippen MR) is 226 cm³/mol. The van der Waals surface area contributed by atoms with Gasteiger partial charge in [0.05, 0.1) is 16.6 Å².